The Morgan fingerprint density at radius 2 is 2.06 bits per heavy atom. The number of carbonyl (C=O) groups is 1. The van der Waals surface area contributed by atoms with E-state index in [-0.39, 0.29) is 6.04 Å². The fourth-order valence-corrected chi connectivity index (χ4v) is 3.19. The van der Waals surface area contributed by atoms with Gasteiger partial charge in [-0.3, -0.25) is 4.79 Å². The molecule has 2 heterocycles. The van der Waals surface area contributed by atoms with E-state index in [9.17, 15) is 4.79 Å². The van der Waals surface area contributed by atoms with Crippen molar-refractivity contribution in [1.29, 1.82) is 0 Å². The number of piperidine rings is 1. The van der Waals surface area contributed by atoms with E-state index in [1.807, 2.05) is 0 Å². The number of likely N-dealkylation sites (tertiary alicyclic amines) is 1. The van der Waals surface area contributed by atoms with Gasteiger partial charge in [0.25, 0.3) is 0 Å². The van der Waals surface area contributed by atoms with E-state index >= 15 is 0 Å². The summed E-state index contributed by atoms with van der Waals surface area (Å²) in [6.07, 6.45) is 4.63. The summed E-state index contributed by atoms with van der Waals surface area (Å²) in [6.45, 7) is 6.73. The maximum atomic E-state index is 10.9. The van der Waals surface area contributed by atoms with Crippen LogP contribution < -0.4 is 5.32 Å². The zero-order valence-electron chi connectivity index (χ0n) is 10.7. The van der Waals surface area contributed by atoms with Crippen molar-refractivity contribution in [2.45, 2.75) is 38.6 Å². The van der Waals surface area contributed by atoms with E-state index in [0.717, 1.165) is 18.9 Å². The van der Waals surface area contributed by atoms with Gasteiger partial charge in [0.15, 0.2) is 0 Å². The van der Waals surface area contributed by atoms with Crippen molar-refractivity contribution in [1.82, 2.24) is 10.2 Å². The molecule has 2 rings (SSSR count). The lowest BCUT2D eigenvalue weighted by Gasteiger charge is -2.32. The first-order valence-corrected chi connectivity index (χ1v) is 6.87. The van der Waals surface area contributed by atoms with Crippen LogP contribution >= 0.6 is 0 Å². The highest BCUT2D eigenvalue weighted by molar-refractivity contribution is 5.73. The molecule has 0 saturated carbocycles. The third kappa shape index (κ3) is 3.42. The highest BCUT2D eigenvalue weighted by atomic mass is 16.4. The van der Waals surface area contributed by atoms with Crippen LogP contribution in [0.25, 0.3) is 0 Å². The third-order valence-electron chi connectivity index (χ3n) is 4.34. The molecule has 4 nitrogen and oxygen atoms in total. The predicted molar refractivity (Wildman–Crippen MR) is 67.0 cm³/mol. The van der Waals surface area contributed by atoms with E-state index in [1.54, 1.807) is 0 Å². The van der Waals surface area contributed by atoms with E-state index in [4.69, 9.17) is 5.11 Å². The summed E-state index contributed by atoms with van der Waals surface area (Å²) in [5, 5.41) is 12.0. The zero-order valence-corrected chi connectivity index (χ0v) is 10.7. The molecule has 2 saturated heterocycles. The van der Waals surface area contributed by atoms with Crippen molar-refractivity contribution in [2.75, 3.05) is 26.2 Å². The fraction of sp³-hybridized carbons (Fsp3) is 0.923. The molecule has 2 unspecified atom stereocenters. The highest BCUT2D eigenvalue weighted by Gasteiger charge is 2.31. The molecule has 17 heavy (non-hydrogen) atoms. The van der Waals surface area contributed by atoms with Gasteiger partial charge in [0.2, 0.25) is 0 Å². The number of carboxylic acid groups (broad SMARTS) is 1. The summed E-state index contributed by atoms with van der Waals surface area (Å²) in [7, 11) is 0. The maximum absolute atomic E-state index is 10.9. The zero-order chi connectivity index (χ0) is 12.3. The van der Waals surface area contributed by atoms with Crippen LogP contribution in [0.5, 0.6) is 0 Å². The third-order valence-corrected chi connectivity index (χ3v) is 4.34. The van der Waals surface area contributed by atoms with Gasteiger partial charge in [0.1, 0.15) is 6.04 Å². The molecule has 2 atom stereocenters. The van der Waals surface area contributed by atoms with E-state index in [1.165, 1.54) is 38.9 Å². The summed E-state index contributed by atoms with van der Waals surface area (Å²) in [6, 6.07) is -0.296. The van der Waals surface area contributed by atoms with Gasteiger partial charge in [0, 0.05) is 0 Å². The monoisotopic (exact) mass is 240 g/mol. The second-order valence-electron chi connectivity index (χ2n) is 5.51. The minimum atomic E-state index is -0.687. The molecule has 0 amide bonds. The van der Waals surface area contributed by atoms with Crippen molar-refractivity contribution in [3.63, 3.8) is 0 Å². The largest absolute Gasteiger partial charge is 0.480 e. The minimum absolute atomic E-state index is 0.296. The molecule has 2 fully saturated rings. The molecule has 0 aliphatic carbocycles. The Labute approximate surface area is 103 Å². The second-order valence-corrected chi connectivity index (χ2v) is 5.51. The van der Waals surface area contributed by atoms with Gasteiger partial charge in [-0.1, -0.05) is 6.92 Å². The summed E-state index contributed by atoms with van der Waals surface area (Å²) >= 11 is 0. The molecule has 4 heteroatoms. The first kappa shape index (κ1) is 12.8. The quantitative estimate of drug-likeness (QED) is 0.774. The molecular weight excluding hydrogens is 216 g/mol. The molecule has 0 bridgehead atoms. The number of hydrogen-bond donors (Lipinski definition) is 2. The molecule has 0 aromatic rings. The molecule has 2 aliphatic heterocycles. The Bertz CT molecular complexity index is 262. The van der Waals surface area contributed by atoms with E-state index < -0.39 is 5.97 Å². The van der Waals surface area contributed by atoms with Crippen molar-refractivity contribution < 1.29 is 9.90 Å². The van der Waals surface area contributed by atoms with Gasteiger partial charge in [-0.05, 0) is 63.7 Å². The Kier molecular flexibility index (Phi) is 4.40. The summed E-state index contributed by atoms with van der Waals surface area (Å²) in [5.74, 6) is 0.708. The van der Waals surface area contributed by atoms with Gasteiger partial charge < -0.3 is 15.3 Å². The van der Waals surface area contributed by atoms with Crippen molar-refractivity contribution in [3.8, 4) is 0 Å². The number of nitrogens with zero attached hydrogens (tertiary/aromatic N) is 1. The Morgan fingerprint density at radius 1 is 1.35 bits per heavy atom. The second kappa shape index (κ2) is 5.83. The lowest BCUT2D eigenvalue weighted by molar-refractivity contribution is -0.139. The van der Waals surface area contributed by atoms with Gasteiger partial charge in [0.05, 0.1) is 0 Å². The molecule has 0 spiro atoms. The predicted octanol–water partition coefficient (Wildman–Crippen LogP) is 1.17. The van der Waals surface area contributed by atoms with Gasteiger partial charge >= 0.3 is 5.97 Å². The van der Waals surface area contributed by atoms with E-state index in [0.29, 0.717) is 5.92 Å². The van der Waals surface area contributed by atoms with Crippen LogP contribution in [0.15, 0.2) is 0 Å². The van der Waals surface area contributed by atoms with Gasteiger partial charge in [-0.15, -0.1) is 0 Å². The highest BCUT2D eigenvalue weighted by Crippen LogP contribution is 2.28. The average Bonchev–Trinajstić information content (AvgIpc) is 2.79. The van der Waals surface area contributed by atoms with Crippen molar-refractivity contribution >= 4 is 5.97 Å². The van der Waals surface area contributed by atoms with Gasteiger partial charge in [-0.2, -0.15) is 0 Å². The summed E-state index contributed by atoms with van der Waals surface area (Å²) in [5.41, 5.74) is 0. The lowest BCUT2D eigenvalue weighted by Crippen LogP contribution is -2.34. The topological polar surface area (TPSA) is 52.6 Å². The smallest absolute Gasteiger partial charge is 0.320 e. The molecule has 0 aromatic carbocycles. The first-order valence-electron chi connectivity index (χ1n) is 6.87. The fourth-order valence-electron chi connectivity index (χ4n) is 3.19. The standard InChI is InChI=1S/C13H24N2O2/c1-2-15-5-3-10(4-6-15)7-11-8-12(13(16)17)14-9-11/h10-12,14H,2-9H2,1H3,(H,16,17). The molecule has 2 N–H and O–H groups in total. The number of rotatable bonds is 4. The van der Waals surface area contributed by atoms with Crippen LogP contribution in [-0.2, 0) is 4.79 Å². The van der Waals surface area contributed by atoms with Crippen LogP contribution in [0.3, 0.4) is 0 Å². The number of carboxylic acids is 1. The van der Waals surface area contributed by atoms with Crippen molar-refractivity contribution in [2.24, 2.45) is 11.8 Å². The van der Waals surface area contributed by atoms with Crippen LogP contribution in [0.1, 0.15) is 32.6 Å². The SMILES string of the molecule is CCN1CCC(CC2CNC(C(=O)O)C2)CC1. The normalized spacial score (nSPS) is 31.8. The van der Waals surface area contributed by atoms with Crippen LogP contribution in [-0.4, -0.2) is 48.2 Å². The first-order chi connectivity index (χ1) is 8.19. The van der Waals surface area contributed by atoms with Crippen LogP contribution in [0.2, 0.25) is 0 Å². The summed E-state index contributed by atoms with van der Waals surface area (Å²) < 4.78 is 0. The molecular formula is C13H24N2O2. The Morgan fingerprint density at radius 3 is 2.59 bits per heavy atom. The van der Waals surface area contributed by atoms with Crippen molar-refractivity contribution in [3.05, 3.63) is 0 Å². The lowest BCUT2D eigenvalue weighted by atomic mass is 9.86. The number of nitrogens with one attached hydrogen (secondary N) is 1. The Balaban J connectivity index is 1.70. The maximum Gasteiger partial charge on any atom is 0.320 e. The Hall–Kier alpha value is -0.610. The van der Waals surface area contributed by atoms with Gasteiger partial charge in [-0.25, -0.2) is 0 Å². The number of aliphatic carboxylic acids is 1. The molecule has 0 aromatic heterocycles. The van der Waals surface area contributed by atoms with Crippen LogP contribution in [0.4, 0.5) is 0 Å². The molecule has 0 radical (unpaired) electrons. The minimum Gasteiger partial charge on any atom is -0.480 e. The molecule has 2 aliphatic rings. The van der Waals surface area contributed by atoms with E-state index in [2.05, 4.69) is 17.1 Å². The van der Waals surface area contributed by atoms with Crippen LogP contribution in [0, 0.1) is 11.8 Å². The summed E-state index contributed by atoms with van der Waals surface area (Å²) in [4.78, 5) is 13.4. The average molecular weight is 240 g/mol. The molecule has 98 valence electrons. The number of hydrogen-bond acceptors (Lipinski definition) is 3.